The number of phenols is 1. The van der Waals surface area contributed by atoms with Crippen LogP contribution in [0.4, 0.5) is 5.69 Å². The van der Waals surface area contributed by atoms with Gasteiger partial charge in [0.25, 0.3) is 0 Å². The fourth-order valence-electron chi connectivity index (χ4n) is 2.38. The molecule has 0 saturated carbocycles. The summed E-state index contributed by atoms with van der Waals surface area (Å²) in [5.41, 5.74) is 1.21. The number of carbonyl (C=O) groups is 3. The molecular weight excluding hydrogens is 338 g/mol. The van der Waals surface area contributed by atoms with Crippen molar-refractivity contribution in [2.75, 3.05) is 12.4 Å². The van der Waals surface area contributed by atoms with E-state index >= 15 is 0 Å². The van der Waals surface area contributed by atoms with Crippen LogP contribution in [0, 0.1) is 6.92 Å². The summed E-state index contributed by atoms with van der Waals surface area (Å²) in [5, 5.41) is 21.1. The molecule has 7 heteroatoms. The highest BCUT2D eigenvalue weighted by atomic mass is 16.5. The Morgan fingerprint density at radius 1 is 1.08 bits per heavy atom. The predicted octanol–water partition coefficient (Wildman–Crippen LogP) is 3.01. The lowest BCUT2D eigenvalue weighted by atomic mass is 10.0. The van der Waals surface area contributed by atoms with Crippen molar-refractivity contribution >= 4 is 23.3 Å². The molecule has 2 aromatic rings. The number of nitrogens with one attached hydrogen (secondary N) is 1. The highest BCUT2D eigenvalue weighted by molar-refractivity contribution is 6.02. The van der Waals surface area contributed by atoms with Gasteiger partial charge >= 0.3 is 5.97 Å². The number of hydrogen-bond donors (Lipinski definition) is 3. The molecule has 0 atom stereocenters. The minimum Gasteiger partial charge on any atom is -0.506 e. The maximum Gasteiger partial charge on any atom is 0.335 e. The van der Waals surface area contributed by atoms with Gasteiger partial charge in [-0.2, -0.15) is 0 Å². The summed E-state index contributed by atoms with van der Waals surface area (Å²) >= 11 is 0. The van der Waals surface area contributed by atoms with Gasteiger partial charge in [-0.3, -0.25) is 9.59 Å². The summed E-state index contributed by atoms with van der Waals surface area (Å²) in [6.07, 6.45) is -0.169. The zero-order valence-corrected chi connectivity index (χ0v) is 14.4. The van der Waals surface area contributed by atoms with Gasteiger partial charge in [-0.05, 0) is 37.3 Å². The second kappa shape index (κ2) is 8.15. The van der Waals surface area contributed by atoms with Gasteiger partial charge in [-0.15, -0.1) is 0 Å². The van der Waals surface area contributed by atoms with Crippen LogP contribution in [0.2, 0.25) is 0 Å². The van der Waals surface area contributed by atoms with Gasteiger partial charge in [0.15, 0.2) is 5.78 Å². The van der Waals surface area contributed by atoms with E-state index in [1.807, 2.05) is 13.0 Å². The molecule has 0 fully saturated rings. The van der Waals surface area contributed by atoms with E-state index in [1.165, 1.54) is 19.2 Å². The topological polar surface area (TPSA) is 113 Å². The lowest BCUT2D eigenvalue weighted by molar-refractivity contribution is -0.116. The Balaban J connectivity index is 2.03. The number of carboxylic acid groups (broad SMARTS) is 1. The number of benzene rings is 2. The van der Waals surface area contributed by atoms with Crippen LogP contribution in [-0.2, 0) is 4.79 Å². The van der Waals surface area contributed by atoms with Crippen LogP contribution in [0.25, 0.3) is 0 Å². The molecule has 2 rings (SSSR count). The second-order valence-corrected chi connectivity index (χ2v) is 5.71. The Morgan fingerprint density at radius 3 is 2.46 bits per heavy atom. The fraction of sp³-hybridized carbons (Fsp3) is 0.211. The largest absolute Gasteiger partial charge is 0.506 e. The standard InChI is InChI=1S/C19H19NO6/c1-11-3-7-17(26-2)13(9-11)15(21)6-8-18(23)20-14-10-12(19(24)25)4-5-16(14)22/h3-5,7,9-10,22H,6,8H2,1-2H3,(H,20,23)(H,24,25). The van der Waals surface area contributed by atoms with E-state index in [4.69, 9.17) is 9.84 Å². The van der Waals surface area contributed by atoms with Crippen molar-refractivity contribution in [1.82, 2.24) is 0 Å². The summed E-state index contributed by atoms with van der Waals surface area (Å²) in [7, 11) is 1.46. The molecule has 0 saturated heterocycles. The molecule has 1 amide bonds. The normalized spacial score (nSPS) is 10.2. The third-order valence-electron chi connectivity index (χ3n) is 3.75. The molecule has 26 heavy (non-hydrogen) atoms. The minimum absolute atomic E-state index is 0.0181. The Hall–Kier alpha value is -3.35. The van der Waals surface area contributed by atoms with Crippen LogP contribution in [0.1, 0.15) is 39.1 Å². The number of aryl methyl sites for hydroxylation is 1. The minimum atomic E-state index is -1.18. The monoisotopic (exact) mass is 357 g/mol. The predicted molar refractivity (Wildman–Crippen MR) is 95.0 cm³/mol. The summed E-state index contributed by atoms with van der Waals surface area (Å²) in [6, 6.07) is 8.77. The van der Waals surface area contributed by atoms with E-state index in [2.05, 4.69) is 5.32 Å². The zero-order chi connectivity index (χ0) is 19.3. The number of rotatable bonds is 7. The number of carbonyl (C=O) groups excluding carboxylic acids is 2. The lowest BCUT2D eigenvalue weighted by Gasteiger charge is -2.10. The van der Waals surface area contributed by atoms with Crippen LogP contribution in [0.3, 0.4) is 0 Å². The van der Waals surface area contributed by atoms with Gasteiger partial charge in [0.05, 0.1) is 23.9 Å². The molecule has 0 aromatic heterocycles. The third kappa shape index (κ3) is 4.60. The summed E-state index contributed by atoms with van der Waals surface area (Å²) in [4.78, 5) is 35.4. The van der Waals surface area contributed by atoms with Crippen LogP contribution < -0.4 is 10.1 Å². The highest BCUT2D eigenvalue weighted by Crippen LogP contribution is 2.25. The number of hydrogen-bond acceptors (Lipinski definition) is 5. The number of amides is 1. The van der Waals surface area contributed by atoms with Crippen molar-refractivity contribution in [3.8, 4) is 11.5 Å². The van der Waals surface area contributed by atoms with Crippen LogP contribution >= 0.6 is 0 Å². The quantitative estimate of drug-likeness (QED) is 0.519. The van der Waals surface area contributed by atoms with Crippen LogP contribution in [-0.4, -0.2) is 35.0 Å². The van der Waals surface area contributed by atoms with Crippen molar-refractivity contribution < 1.29 is 29.3 Å². The summed E-state index contributed by atoms with van der Waals surface area (Å²) < 4.78 is 5.17. The molecule has 7 nitrogen and oxygen atoms in total. The Labute approximate surface area is 150 Å². The second-order valence-electron chi connectivity index (χ2n) is 5.71. The van der Waals surface area contributed by atoms with Crippen LogP contribution in [0.15, 0.2) is 36.4 Å². The maximum absolute atomic E-state index is 12.4. The third-order valence-corrected chi connectivity index (χ3v) is 3.75. The van der Waals surface area contributed by atoms with Crippen molar-refractivity contribution in [1.29, 1.82) is 0 Å². The van der Waals surface area contributed by atoms with Gasteiger partial charge in [-0.1, -0.05) is 11.6 Å². The van der Waals surface area contributed by atoms with Gasteiger partial charge in [0.1, 0.15) is 11.5 Å². The van der Waals surface area contributed by atoms with Crippen molar-refractivity contribution in [3.63, 3.8) is 0 Å². The average molecular weight is 357 g/mol. The first kappa shape index (κ1) is 19.0. The van der Waals surface area contributed by atoms with Crippen molar-refractivity contribution in [2.24, 2.45) is 0 Å². The van der Waals surface area contributed by atoms with Crippen molar-refractivity contribution in [2.45, 2.75) is 19.8 Å². The van der Waals surface area contributed by atoms with E-state index < -0.39 is 11.9 Å². The summed E-state index contributed by atoms with van der Waals surface area (Å²) in [6.45, 7) is 1.85. The smallest absolute Gasteiger partial charge is 0.335 e. The van der Waals surface area contributed by atoms with E-state index in [0.717, 1.165) is 11.6 Å². The zero-order valence-electron chi connectivity index (χ0n) is 14.4. The number of anilines is 1. The molecule has 136 valence electrons. The highest BCUT2D eigenvalue weighted by Gasteiger charge is 2.16. The number of ether oxygens (including phenoxy) is 1. The van der Waals surface area contributed by atoms with Gasteiger partial charge in [-0.25, -0.2) is 4.79 Å². The molecule has 0 aliphatic carbocycles. The Morgan fingerprint density at radius 2 is 1.81 bits per heavy atom. The molecule has 0 bridgehead atoms. The van der Waals surface area contributed by atoms with E-state index in [0.29, 0.717) is 11.3 Å². The molecule has 0 radical (unpaired) electrons. The molecule has 0 aliphatic rings. The number of aromatic hydroxyl groups is 1. The first-order valence-corrected chi connectivity index (χ1v) is 7.86. The van der Waals surface area contributed by atoms with E-state index in [-0.39, 0.29) is 35.6 Å². The lowest BCUT2D eigenvalue weighted by Crippen LogP contribution is -2.14. The number of ketones is 1. The molecule has 3 N–H and O–H groups in total. The number of carboxylic acids is 1. The SMILES string of the molecule is COc1ccc(C)cc1C(=O)CCC(=O)Nc1cc(C(=O)O)ccc1O. The number of methoxy groups -OCH3 is 1. The maximum atomic E-state index is 12.4. The first-order chi connectivity index (χ1) is 12.3. The van der Waals surface area contributed by atoms with Gasteiger partial charge < -0.3 is 20.3 Å². The fourth-order valence-corrected chi connectivity index (χ4v) is 2.38. The molecular formula is C19H19NO6. The molecule has 0 unspecified atom stereocenters. The Bertz CT molecular complexity index is 859. The van der Waals surface area contributed by atoms with Crippen molar-refractivity contribution in [3.05, 3.63) is 53.1 Å². The average Bonchev–Trinajstić information content (AvgIpc) is 2.61. The summed E-state index contributed by atoms with van der Waals surface area (Å²) in [5.74, 6) is -1.75. The molecule has 0 heterocycles. The Kier molecular flexibility index (Phi) is 5.95. The first-order valence-electron chi connectivity index (χ1n) is 7.86. The van der Waals surface area contributed by atoms with Gasteiger partial charge in [0, 0.05) is 12.8 Å². The number of Topliss-reactive ketones (excluding diaryl/α,β-unsaturated/α-hetero) is 1. The molecule has 2 aromatic carbocycles. The molecule has 0 aliphatic heterocycles. The molecule has 0 spiro atoms. The number of aromatic carboxylic acids is 1. The van der Waals surface area contributed by atoms with Crippen LogP contribution in [0.5, 0.6) is 11.5 Å². The van der Waals surface area contributed by atoms with Gasteiger partial charge in [0.2, 0.25) is 5.91 Å². The van der Waals surface area contributed by atoms with E-state index in [1.54, 1.807) is 12.1 Å². The number of phenolic OH excluding ortho intramolecular Hbond substituents is 1. The van der Waals surface area contributed by atoms with E-state index in [9.17, 15) is 19.5 Å².